The topological polar surface area (TPSA) is 103 Å². The van der Waals surface area contributed by atoms with E-state index in [9.17, 15) is 14.4 Å². The van der Waals surface area contributed by atoms with Crippen molar-refractivity contribution < 1.29 is 14.4 Å². The van der Waals surface area contributed by atoms with Crippen molar-refractivity contribution in [1.29, 1.82) is 0 Å². The minimum Gasteiger partial charge on any atom is -0.353 e. The molecule has 1 heterocycles. The van der Waals surface area contributed by atoms with E-state index in [-0.39, 0.29) is 36.3 Å². The van der Waals surface area contributed by atoms with Crippen LogP contribution in [-0.2, 0) is 9.59 Å². The molecule has 0 spiro atoms. The average molecular weight is 430 g/mol. The highest BCUT2D eigenvalue weighted by Crippen LogP contribution is 2.17. The summed E-state index contributed by atoms with van der Waals surface area (Å²) >= 11 is 0. The molecule has 4 N–H and O–H groups in total. The Morgan fingerprint density at radius 3 is 2.23 bits per heavy atom. The van der Waals surface area contributed by atoms with Gasteiger partial charge in [0.05, 0.1) is 6.54 Å². The second-order valence-corrected chi connectivity index (χ2v) is 8.52. The van der Waals surface area contributed by atoms with Crippen LogP contribution in [0.4, 0.5) is 10.5 Å². The standard InChI is InChI=1S/C23H35N5O3/c29-21(11-14-24-23(31)27-19-9-5-2-6-10-19)25-20-12-15-28(16-13-20)17-22(30)26-18-7-3-1-4-8-18/h1,3-4,7-8,19-20H,2,5-6,9-17H2,(H,25,29)(H,26,30)(H2,24,27,31). The molecule has 0 unspecified atom stereocenters. The van der Waals surface area contributed by atoms with E-state index in [1.165, 1.54) is 19.3 Å². The number of para-hydroxylation sites is 1. The molecule has 31 heavy (non-hydrogen) atoms. The van der Waals surface area contributed by atoms with Crippen molar-refractivity contribution in [2.75, 3.05) is 31.5 Å². The highest BCUT2D eigenvalue weighted by Gasteiger charge is 2.22. The summed E-state index contributed by atoms with van der Waals surface area (Å²) in [6.07, 6.45) is 7.59. The first kappa shape index (κ1) is 23.1. The maximum atomic E-state index is 12.2. The largest absolute Gasteiger partial charge is 0.353 e. The van der Waals surface area contributed by atoms with Gasteiger partial charge >= 0.3 is 6.03 Å². The van der Waals surface area contributed by atoms with Gasteiger partial charge in [-0.2, -0.15) is 0 Å². The van der Waals surface area contributed by atoms with Gasteiger partial charge < -0.3 is 21.3 Å². The minimum atomic E-state index is -0.179. The van der Waals surface area contributed by atoms with Crippen molar-refractivity contribution in [2.45, 2.75) is 63.5 Å². The number of carbonyl (C=O) groups is 3. The lowest BCUT2D eigenvalue weighted by atomic mass is 9.96. The van der Waals surface area contributed by atoms with Crippen LogP contribution < -0.4 is 21.3 Å². The fraction of sp³-hybridized carbons (Fsp3) is 0.609. The molecular weight excluding hydrogens is 394 g/mol. The van der Waals surface area contributed by atoms with Gasteiger partial charge in [0, 0.05) is 43.8 Å². The molecule has 170 valence electrons. The minimum absolute atomic E-state index is 0.0220. The van der Waals surface area contributed by atoms with Crippen LogP contribution in [0.5, 0.6) is 0 Å². The van der Waals surface area contributed by atoms with Crippen molar-refractivity contribution in [1.82, 2.24) is 20.9 Å². The van der Waals surface area contributed by atoms with Gasteiger partial charge in [-0.1, -0.05) is 37.5 Å². The second kappa shape index (κ2) is 12.3. The molecule has 0 atom stereocenters. The number of hydrogen-bond donors (Lipinski definition) is 4. The molecule has 3 rings (SSSR count). The summed E-state index contributed by atoms with van der Waals surface area (Å²) in [5, 5.41) is 11.7. The number of hydrogen-bond acceptors (Lipinski definition) is 4. The number of likely N-dealkylation sites (tertiary alicyclic amines) is 1. The Bertz CT molecular complexity index is 713. The van der Waals surface area contributed by atoms with Crippen molar-refractivity contribution in [2.24, 2.45) is 0 Å². The smallest absolute Gasteiger partial charge is 0.315 e. The number of urea groups is 1. The summed E-state index contributed by atoms with van der Waals surface area (Å²) in [6, 6.07) is 9.64. The Kier molecular flexibility index (Phi) is 9.15. The van der Waals surface area contributed by atoms with Gasteiger partial charge in [0.2, 0.25) is 11.8 Å². The summed E-state index contributed by atoms with van der Waals surface area (Å²) < 4.78 is 0. The van der Waals surface area contributed by atoms with E-state index in [4.69, 9.17) is 0 Å². The lowest BCUT2D eigenvalue weighted by Crippen LogP contribution is -2.47. The molecule has 2 aliphatic rings. The Morgan fingerprint density at radius 2 is 1.52 bits per heavy atom. The van der Waals surface area contributed by atoms with Crippen LogP contribution in [0.2, 0.25) is 0 Å². The normalized spacial score (nSPS) is 18.2. The zero-order chi connectivity index (χ0) is 21.9. The number of anilines is 1. The SMILES string of the molecule is O=C(CN1CCC(NC(=O)CCNC(=O)NC2CCCCC2)CC1)Nc1ccccc1. The third-order valence-corrected chi connectivity index (χ3v) is 5.96. The fourth-order valence-corrected chi connectivity index (χ4v) is 4.23. The fourth-order valence-electron chi connectivity index (χ4n) is 4.23. The molecule has 1 saturated heterocycles. The zero-order valence-electron chi connectivity index (χ0n) is 18.2. The third kappa shape index (κ3) is 8.57. The first-order chi connectivity index (χ1) is 15.1. The predicted molar refractivity (Wildman–Crippen MR) is 121 cm³/mol. The second-order valence-electron chi connectivity index (χ2n) is 8.52. The van der Waals surface area contributed by atoms with Gasteiger partial charge in [0.25, 0.3) is 0 Å². The van der Waals surface area contributed by atoms with Gasteiger partial charge in [-0.15, -0.1) is 0 Å². The number of rotatable bonds is 8. The molecule has 2 fully saturated rings. The van der Waals surface area contributed by atoms with E-state index in [0.717, 1.165) is 44.5 Å². The molecule has 0 bridgehead atoms. The summed E-state index contributed by atoms with van der Waals surface area (Å²) in [7, 11) is 0. The predicted octanol–water partition coefficient (Wildman–Crippen LogP) is 2.23. The van der Waals surface area contributed by atoms with Crippen LogP contribution >= 0.6 is 0 Å². The highest BCUT2D eigenvalue weighted by atomic mass is 16.2. The Balaban J connectivity index is 1.25. The first-order valence-electron chi connectivity index (χ1n) is 11.5. The van der Waals surface area contributed by atoms with Crippen LogP contribution in [0.3, 0.4) is 0 Å². The molecule has 8 heteroatoms. The lowest BCUT2D eigenvalue weighted by Gasteiger charge is -2.31. The molecule has 4 amide bonds. The van der Waals surface area contributed by atoms with Gasteiger partial charge in [0.15, 0.2) is 0 Å². The van der Waals surface area contributed by atoms with Crippen LogP contribution in [0.15, 0.2) is 30.3 Å². The van der Waals surface area contributed by atoms with Gasteiger partial charge in [-0.05, 0) is 37.8 Å². The molecule has 0 aromatic heterocycles. The zero-order valence-corrected chi connectivity index (χ0v) is 18.2. The number of carbonyl (C=O) groups excluding carboxylic acids is 3. The molecule has 1 aromatic carbocycles. The van der Waals surface area contributed by atoms with Crippen LogP contribution in [0.25, 0.3) is 0 Å². The number of amides is 4. The van der Waals surface area contributed by atoms with E-state index in [1.54, 1.807) is 0 Å². The van der Waals surface area contributed by atoms with Crippen molar-refractivity contribution >= 4 is 23.5 Å². The van der Waals surface area contributed by atoms with E-state index < -0.39 is 0 Å². The molecule has 1 saturated carbocycles. The quantitative estimate of drug-likeness (QED) is 0.509. The van der Waals surface area contributed by atoms with E-state index in [1.807, 2.05) is 30.3 Å². The molecule has 8 nitrogen and oxygen atoms in total. The highest BCUT2D eigenvalue weighted by molar-refractivity contribution is 5.92. The molecule has 1 aliphatic heterocycles. The summed E-state index contributed by atoms with van der Waals surface area (Å²) in [5.74, 6) is -0.0653. The van der Waals surface area contributed by atoms with Crippen molar-refractivity contribution in [3.63, 3.8) is 0 Å². The third-order valence-electron chi connectivity index (χ3n) is 5.96. The van der Waals surface area contributed by atoms with Crippen molar-refractivity contribution in [3.8, 4) is 0 Å². The Morgan fingerprint density at radius 1 is 0.839 bits per heavy atom. The van der Waals surface area contributed by atoms with Gasteiger partial charge in [-0.3, -0.25) is 14.5 Å². The van der Waals surface area contributed by atoms with Crippen molar-refractivity contribution in [3.05, 3.63) is 30.3 Å². The van der Waals surface area contributed by atoms with E-state index >= 15 is 0 Å². The first-order valence-corrected chi connectivity index (χ1v) is 11.5. The van der Waals surface area contributed by atoms with Crippen LogP contribution in [0, 0.1) is 0 Å². The monoisotopic (exact) mass is 429 g/mol. The maximum Gasteiger partial charge on any atom is 0.315 e. The van der Waals surface area contributed by atoms with Gasteiger partial charge in [0.1, 0.15) is 0 Å². The molecular formula is C23H35N5O3. The maximum absolute atomic E-state index is 12.2. The number of piperidine rings is 1. The summed E-state index contributed by atoms with van der Waals surface area (Å²) in [6.45, 7) is 2.24. The van der Waals surface area contributed by atoms with E-state index in [2.05, 4.69) is 26.2 Å². The number of nitrogens with zero attached hydrogens (tertiary/aromatic N) is 1. The average Bonchev–Trinajstić information content (AvgIpc) is 2.76. The molecule has 1 aliphatic carbocycles. The van der Waals surface area contributed by atoms with E-state index in [0.29, 0.717) is 13.1 Å². The van der Waals surface area contributed by atoms with Crippen LogP contribution in [0.1, 0.15) is 51.4 Å². The Hall–Kier alpha value is -2.61. The summed E-state index contributed by atoms with van der Waals surface area (Å²) in [4.78, 5) is 38.4. The van der Waals surface area contributed by atoms with Crippen LogP contribution in [-0.4, -0.2) is 61.0 Å². The lowest BCUT2D eigenvalue weighted by molar-refractivity contribution is -0.122. The molecule has 1 aromatic rings. The van der Waals surface area contributed by atoms with Gasteiger partial charge in [-0.25, -0.2) is 4.79 Å². The molecule has 0 radical (unpaired) electrons. The number of nitrogens with one attached hydrogen (secondary N) is 4. The number of benzene rings is 1. The summed E-state index contributed by atoms with van der Waals surface area (Å²) in [5.41, 5.74) is 0.802. The Labute approximate surface area is 184 Å².